The van der Waals surface area contributed by atoms with Gasteiger partial charge in [-0.3, -0.25) is 9.00 Å². The molecule has 13 heavy (non-hydrogen) atoms. The van der Waals surface area contributed by atoms with Crippen molar-refractivity contribution in [2.24, 2.45) is 0 Å². The summed E-state index contributed by atoms with van der Waals surface area (Å²) >= 11 is -1.99. The summed E-state index contributed by atoms with van der Waals surface area (Å²) in [5, 5.41) is 0. The van der Waals surface area contributed by atoms with Gasteiger partial charge in [-0.2, -0.15) is 0 Å². The Hall–Kier alpha value is -0.420. The van der Waals surface area contributed by atoms with Gasteiger partial charge < -0.3 is 9.29 Å². The van der Waals surface area contributed by atoms with Gasteiger partial charge in [0.25, 0.3) is 0 Å². The maximum atomic E-state index is 10.9. The van der Waals surface area contributed by atoms with Crippen molar-refractivity contribution >= 4 is 17.0 Å². The first kappa shape index (κ1) is 12.6. The summed E-state index contributed by atoms with van der Waals surface area (Å²) in [6, 6.07) is 0. The quantitative estimate of drug-likeness (QED) is 0.355. The van der Waals surface area contributed by atoms with Crippen LogP contribution < -0.4 is 0 Å². The molecule has 0 saturated carbocycles. The highest BCUT2D eigenvalue weighted by molar-refractivity contribution is 7.79. The van der Waals surface area contributed by atoms with Gasteiger partial charge in [-0.05, 0) is 19.3 Å². The lowest BCUT2D eigenvalue weighted by atomic mass is 10.2. The van der Waals surface area contributed by atoms with Crippen molar-refractivity contribution in [2.45, 2.75) is 32.6 Å². The van der Waals surface area contributed by atoms with E-state index in [-0.39, 0.29) is 11.7 Å². The number of ether oxygens (including phenoxy) is 1. The minimum absolute atomic E-state index is 0.126. The van der Waals surface area contributed by atoms with Crippen molar-refractivity contribution in [3.63, 3.8) is 0 Å². The van der Waals surface area contributed by atoms with Gasteiger partial charge in [0.15, 0.2) is 0 Å². The molecule has 1 atom stereocenters. The zero-order chi connectivity index (χ0) is 10.1. The molecule has 0 rings (SSSR count). The van der Waals surface area contributed by atoms with Gasteiger partial charge >= 0.3 is 5.97 Å². The minimum atomic E-state index is -1.99. The first-order valence-corrected chi connectivity index (χ1v) is 5.62. The number of esters is 1. The molecule has 0 aromatic rings. The molecule has 1 unspecified atom stereocenters. The van der Waals surface area contributed by atoms with Gasteiger partial charge in [-0.1, -0.05) is 18.0 Å². The Morgan fingerprint density at radius 3 is 2.69 bits per heavy atom. The van der Waals surface area contributed by atoms with Crippen LogP contribution in [-0.4, -0.2) is 27.1 Å². The van der Waals surface area contributed by atoms with Crippen LogP contribution >= 0.6 is 0 Å². The fourth-order valence-corrected chi connectivity index (χ4v) is 1.22. The van der Waals surface area contributed by atoms with E-state index in [1.54, 1.807) is 0 Å². The third-order valence-electron chi connectivity index (χ3n) is 1.41. The lowest BCUT2D eigenvalue weighted by molar-refractivity contribution is -0.143. The molecule has 0 radical (unpaired) electrons. The van der Waals surface area contributed by atoms with Crippen molar-refractivity contribution in [3.05, 3.63) is 0 Å². The zero-order valence-electron chi connectivity index (χ0n) is 7.78. The summed E-state index contributed by atoms with van der Waals surface area (Å²) in [6.07, 6.45) is 2.24. The summed E-state index contributed by atoms with van der Waals surface area (Å²) in [5.41, 5.74) is 0. The van der Waals surface area contributed by atoms with Crippen LogP contribution in [0.3, 0.4) is 0 Å². The number of carbonyl (C=O) groups excluding carboxylic acids is 1. The van der Waals surface area contributed by atoms with Gasteiger partial charge in [0.1, 0.15) is 0 Å². The van der Waals surface area contributed by atoms with Gasteiger partial charge in [0.05, 0.1) is 6.61 Å². The molecule has 4 nitrogen and oxygen atoms in total. The third-order valence-corrected chi connectivity index (χ3v) is 2.03. The van der Waals surface area contributed by atoms with Crippen molar-refractivity contribution in [1.82, 2.24) is 0 Å². The van der Waals surface area contributed by atoms with Crippen LogP contribution in [0.5, 0.6) is 0 Å². The summed E-state index contributed by atoms with van der Waals surface area (Å²) in [6.45, 7) is 2.38. The topological polar surface area (TPSA) is 66.4 Å². The van der Waals surface area contributed by atoms with E-state index in [0.717, 1.165) is 6.42 Å². The lowest BCUT2D eigenvalue weighted by Gasteiger charge is -2.04. The Bertz CT molecular complexity index is 170. The highest BCUT2D eigenvalue weighted by atomic mass is 32.2. The highest BCUT2D eigenvalue weighted by Gasteiger charge is 2.00. The fourth-order valence-electron chi connectivity index (χ4n) is 0.777. The monoisotopic (exact) mass is 207 g/mol. The molecular formula is C8H15O4S-. The number of rotatable bonds is 7. The minimum Gasteiger partial charge on any atom is -0.772 e. The molecule has 5 heteroatoms. The second kappa shape index (κ2) is 8.19. The van der Waals surface area contributed by atoms with Crippen LogP contribution in [0.4, 0.5) is 0 Å². The second-order valence-electron chi connectivity index (χ2n) is 2.69. The molecule has 0 aromatic carbocycles. The van der Waals surface area contributed by atoms with Crippen molar-refractivity contribution in [1.29, 1.82) is 0 Å². The SMILES string of the molecule is CCCOC(=O)CCCCS(=O)[O-]. The molecule has 0 aliphatic heterocycles. The van der Waals surface area contributed by atoms with E-state index in [2.05, 4.69) is 0 Å². The number of carbonyl (C=O) groups is 1. The van der Waals surface area contributed by atoms with Crippen molar-refractivity contribution in [2.75, 3.05) is 12.4 Å². The maximum Gasteiger partial charge on any atom is 0.305 e. The summed E-state index contributed by atoms with van der Waals surface area (Å²) in [4.78, 5) is 10.9. The van der Waals surface area contributed by atoms with Gasteiger partial charge in [0, 0.05) is 12.2 Å². The Labute approximate surface area is 80.9 Å². The van der Waals surface area contributed by atoms with Crippen molar-refractivity contribution in [3.8, 4) is 0 Å². The zero-order valence-corrected chi connectivity index (χ0v) is 8.60. The molecule has 0 spiro atoms. The van der Waals surface area contributed by atoms with E-state index < -0.39 is 11.1 Å². The first-order valence-electron chi connectivity index (χ1n) is 4.38. The second-order valence-corrected chi connectivity index (χ2v) is 3.70. The van der Waals surface area contributed by atoms with Crippen molar-refractivity contribution < 1.29 is 18.3 Å². The van der Waals surface area contributed by atoms with Crippen LogP contribution in [0.25, 0.3) is 0 Å². The largest absolute Gasteiger partial charge is 0.772 e. The normalized spacial score (nSPS) is 12.5. The molecule has 0 aromatic heterocycles. The van der Waals surface area contributed by atoms with Gasteiger partial charge in [0.2, 0.25) is 0 Å². The third kappa shape index (κ3) is 9.49. The van der Waals surface area contributed by atoms with E-state index in [1.807, 2.05) is 6.92 Å². The average molecular weight is 207 g/mol. The Morgan fingerprint density at radius 1 is 1.46 bits per heavy atom. The van der Waals surface area contributed by atoms with E-state index in [9.17, 15) is 13.6 Å². The van der Waals surface area contributed by atoms with E-state index in [1.165, 1.54) is 0 Å². The maximum absolute atomic E-state index is 10.9. The van der Waals surface area contributed by atoms with Crippen LogP contribution in [0.1, 0.15) is 32.6 Å². The first-order chi connectivity index (χ1) is 6.16. The fraction of sp³-hybridized carbons (Fsp3) is 0.875. The molecule has 0 saturated heterocycles. The van der Waals surface area contributed by atoms with Crippen LogP contribution in [0, 0.1) is 0 Å². The lowest BCUT2D eigenvalue weighted by Crippen LogP contribution is -2.05. The Kier molecular flexibility index (Phi) is 7.93. The van der Waals surface area contributed by atoms with Gasteiger partial charge in [-0.25, -0.2) is 0 Å². The molecule has 0 amide bonds. The molecule has 0 heterocycles. The smallest absolute Gasteiger partial charge is 0.305 e. The van der Waals surface area contributed by atoms with E-state index >= 15 is 0 Å². The van der Waals surface area contributed by atoms with Crippen LogP contribution in [-0.2, 0) is 20.6 Å². The molecule has 78 valence electrons. The van der Waals surface area contributed by atoms with Gasteiger partial charge in [-0.15, -0.1) is 0 Å². The Morgan fingerprint density at radius 2 is 2.15 bits per heavy atom. The van der Waals surface area contributed by atoms with E-state index in [4.69, 9.17) is 4.74 Å². The molecular weight excluding hydrogens is 192 g/mol. The predicted molar refractivity (Wildman–Crippen MR) is 48.9 cm³/mol. The summed E-state index contributed by atoms with van der Waals surface area (Å²) < 4.78 is 25.0. The summed E-state index contributed by atoms with van der Waals surface area (Å²) in [7, 11) is 0. The molecule has 0 bridgehead atoms. The summed E-state index contributed by atoms with van der Waals surface area (Å²) in [5.74, 6) is -0.111. The van der Waals surface area contributed by atoms with Crippen LogP contribution in [0.2, 0.25) is 0 Å². The number of unbranched alkanes of at least 4 members (excludes halogenated alkanes) is 1. The highest BCUT2D eigenvalue weighted by Crippen LogP contribution is 1.99. The standard InChI is InChI=1S/C8H16O4S/c1-2-6-12-8(9)5-3-4-7-13(10)11/h2-7H2,1H3,(H,10,11)/p-1. The average Bonchev–Trinajstić information content (AvgIpc) is 2.08. The molecule has 0 N–H and O–H groups in total. The predicted octanol–water partition coefficient (Wildman–Crippen LogP) is 0.989. The molecule has 0 aliphatic carbocycles. The molecule has 0 aliphatic rings. The molecule has 0 fully saturated rings. The van der Waals surface area contributed by atoms with Crippen LogP contribution in [0.15, 0.2) is 0 Å². The van der Waals surface area contributed by atoms with E-state index in [0.29, 0.717) is 25.9 Å². The number of hydrogen-bond donors (Lipinski definition) is 0. The number of hydrogen-bond acceptors (Lipinski definition) is 4. The Balaban J connectivity index is 3.22.